The number of nitro benzene ring substituents is 1. The fourth-order valence-corrected chi connectivity index (χ4v) is 4.49. The molecule has 0 atom stereocenters. The summed E-state index contributed by atoms with van der Waals surface area (Å²) in [6.07, 6.45) is 3.63. The summed E-state index contributed by atoms with van der Waals surface area (Å²) in [4.78, 5) is 36.0. The van der Waals surface area contributed by atoms with E-state index in [9.17, 15) is 19.7 Å². The van der Waals surface area contributed by atoms with Crippen LogP contribution in [0, 0.1) is 10.1 Å². The summed E-state index contributed by atoms with van der Waals surface area (Å²) in [5, 5.41) is 14.4. The number of carbonyl (C=O) groups excluding carboxylic acids is 2. The van der Waals surface area contributed by atoms with Gasteiger partial charge in [0, 0.05) is 16.0 Å². The van der Waals surface area contributed by atoms with Crippen LogP contribution in [0.2, 0.25) is 5.02 Å². The maximum absolute atomic E-state index is 12.3. The number of methoxy groups -OCH3 is 1. The van der Waals surface area contributed by atoms with Gasteiger partial charge in [0.2, 0.25) is 0 Å². The number of hydrogen-bond acceptors (Lipinski definition) is 7. The number of aryl methyl sites for hydroxylation is 1. The third kappa shape index (κ3) is 4.26. The summed E-state index contributed by atoms with van der Waals surface area (Å²) in [7, 11) is 1.30. The molecule has 1 amide bonds. The molecule has 1 aliphatic rings. The van der Waals surface area contributed by atoms with Crippen molar-refractivity contribution in [3.05, 3.63) is 49.3 Å². The van der Waals surface area contributed by atoms with Gasteiger partial charge in [-0.15, -0.1) is 11.3 Å². The molecule has 0 bridgehead atoms. The average Bonchev–Trinajstić information content (AvgIpc) is 3.03. The molecule has 0 unspecified atom stereocenters. The first kappa shape index (κ1) is 20.1. The van der Waals surface area contributed by atoms with Crippen molar-refractivity contribution in [3.63, 3.8) is 0 Å². The summed E-state index contributed by atoms with van der Waals surface area (Å²) in [6, 6.07) is 3.92. The topological polar surface area (TPSA) is 108 Å². The third-order valence-corrected chi connectivity index (χ3v) is 5.73. The van der Waals surface area contributed by atoms with Crippen molar-refractivity contribution in [3.8, 4) is 5.75 Å². The summed E-state index contributed by atoms with van der Waals surface area (Å²) in [6.45, 7) is -0.453. The van der Waals surface area contributed by atoms with Crippen molar-refractivity contribution in [2.45, 2.75) is 25.7 Å². The molecule has 1 N–H and O–H groups in total. The predicted octanol–water partition coefficient (Wildman–Crippen LogP) is 3.99. The summed E-state index contributed by atoms with van der Waals surface area (Å²) in [5.74, 6) is -1.10. The number of halogens is 1. The van der Waals surface area contributed by atoms with Gasteiger partial charge in [0.05, 0.1) is 17.6 Å². The second-order valence-corrected chi connectivity index (χ2v) is 7.65. The number of thiophene rings is 1. The number of rotatable bonds is 6. The predicted molar refractivity (Wildman–Crippen MR) is 105 cm³/mol. The maximum Gasteiger partial charge on any atom is 0.341 e. The molecular formula is C18H17ClN2O6S. The van der Waals surface area contributed by atoms with Crippen LogP contribution in [0.1, 0.15) is 33.6 Å². The van der Waals surface area contributed by atoms with Gasteiger partial charge in [-0.1, -0.05) is 11.6 Å². The Morgan fingerprint density at radius 3 is 2.79 bits per heavy atom. The monoisotopic (exact) mass is 424 g/mol. The molecule has 1 aromatic heterocycles. The Kier molecular flexibility index (Phi) is 6.15. The van der Waals surface area contributed by atoms with Crippen LogP contribution < -0.4 is 10.1 Å². The van der Waals surface area contributed by atoms with E-state index in [1.165, 1.54) is 30.6 Å². The zero-order chi connectivity index (χ0) is 20.3. The Bertz CT molecular complexity index is 942. The zero-order valence-corrected chi connectivity index (χ0v) is 16.5. The fraction of sp³-hybridized carbons (Fsp3) is 0.333. The number of anilines is 1. The number of esters is 1. The van der Waals surface area contributed by atoms with Gasteiger partial charge in [-0.25, -0.2) is 4.79 Å². The van der Waals surface area contributed by atoms with Crippen LogP contribution in [0.4, 0.5) is 10.7 Å². The minimum Gasteiger partial charge on any atom is -0.477 e. The third-order valence-electron chi connectivity index (χ3n) is 4.29. The molecule has 1 aliphatic carbocycles. The van der Waals surface area contributed by atoms with E-state index >= 15 is 0 Å². The molecular weight excluding hydrogens is 408 g/mol. The number of ether oxygens (including phenoxy) is 2. The molecule has 148 valence electrons. The molecule has 0 fully saturated rings. The molecule has 2 aromatic rings. The van der Waals surface area contributed by atoms with E-state index < -0.39 is 23.4 Å². The van der Waals surface area contributed by atoms with Gasteiger partial charge in [0.25, 0.3) is 5.91 Å². The van der Waals surface area contributed by atoms with Crippen molar-refractivity contribution < 1.29 is 24.0 Å². The first-order valence-corrected chi connectivity index (χ1v) is 9.69. The number of benzene rings is 1. The number of nitro groups is 1. The lowest BCUT2D eigenvalue weighted by molar-refractivity contribution is -0.385. The van der Waals surface area contributed by atoms with Crippen molar-refractivity contribution in [1.82, 2.24) is 0 Å². The number of hydrogen-bond donors (Lipinski definition) is 1. The average molecular weight is 425 g/mol. The number of nitrogens with one attached hydrogen (secondary N) is 1. The second kappa shape index (κ2) is 8.57. The van der Waals surface area contributed by atoms with E-state index in [0.717, 1.165) is 42.2 Å². The Morgan fingerprint density at radius 2 is 2.07 bits per heavy atom. The smallest absolute Gasteiger partial charge is 0.341 e. The molecule has 0 radical (unpaired) electrons. The number of fused-ring (bicyclic) bond motifs is 1. The van der Waals surface area contributed by atoms with Gasteiger partial charge in [0.15, 0.2) is 12.4 Å². The summed E-state index contributed by atoms with van der Waals surface area (Å²) in [5.41, 5.74) is 0.975. The number of nitrogens with zero attached hydrogens (tertiary/aromatic N) is 1. The van der Waals surface area contributed by atoms with Crippen LogP contribution in [0.5, 0.6) is 5.75 Å². The van der Waals surface area contributed by atoms with Gasteiger partial charge in [-0.05, 0) is 43.4 Å². The van der Waals surface area contributed by atoms with Crippen molar-refractivity contribution in [2.75, 3.05) is 19.0 Å². The van der Waals surface area contributed by atoms with Crippen LogP contribution in [0.3, 0.4) is 0 Å². The standard InChI is InChI=1S/C18H17ClN2O6S/c1-26-18(23)16-11-4-2-3-5-14(11)28-17(16)20-15(22)9-27-13-7-6-10(19)8-12(13)21(24)25/h6-8H,2-5,9H2,1H3,(H,20,22). The molecule has 8 nitrogen and oxygen atoms in total. The lowest BCUT2D eigenvalue weighted by atomic mass is 9.95. The van der Waals surface area contributed by atoms with E-state index in [-0.39, 0.29) is 16.5 Å². The van der Waals surface area contributed by atoms with Gasteiger partial charge < -0.3 is 14.8 Å². The molecule has 0 saturated carbocycles. The molecule has 1 heterocycles. The zero-order valence-electron chi connectivity index (χ0n) is 15.0. The van der Waals surface area contributed by atoms with Crippen molar-refractivity contribution in [1.29, 1.82) is 0 Å². The Labute approximate surface area is 169 Å². The normalized spacial score (nSPS) is 12.8. The minimum atomic E-state index is -0.637. The van der Waals surface area contributed by atoms with Crippen LogP contribution in [0.15, 0.2) is 18.2 Å². The van der Waals surface area contributed by atoms with Crippen molar-refractivity contribution >= 4 is 45.5 Å². The van der Waals surface area contributed by atoms with Gasteiger partial charge >= 0.3 is 11.7 Å². The first-order chi connectivity index (χ1) is 13.4. The highest BCUT2D eigenvalue weighted by Crippen LogP contribution is 2.38. The van der Waals surface area contributed by atoms with Gasteiger partial charge in [0.1, 0.15) is 5.00 Å². The SMILES string of the molecule is COC(=O)c1c(NC(=O)COc2ccc(Cl)cc2[N+](=O)[O-])sc2c1CCCC2. The second-order valence-electron chi connectivity index (χ2n) is 6.11. The maximum atomic E-state index is 12.3. The molecule has 0 spiro atoms. The van der Waals surface area contributed by atoms with E-state index in [2.05, 4.69) is 5.32 Å². The van der Waals surface area contributed by atoms with Gasteiger partial charge in [-0.2, -0.15) is 0 Å². The van der Waals surface area contributed by atoms with E-state index in [0.29, 0.717) is 10.6 Å². The molecule has 10 heteroatoms. The van der Waals surface area contributed by atoms with Gasteiger partial charge in [-0.3, -0.25) is 14.9 Å². The van der Waals surface area contributed by atoms with Crippen LogP contribution >= 0.6 is 22.9 Å². The molecule has 0 aliphatic heterocycles. The molecule has 1 aromatic carbocycles. The van der Waals surface area contributed by atoms with Crippen LogP contribution in [0.25, 0.3) is 0 Å². The highest BCUT2D eigenvalue weighted by atomic mass is 35.5. The van der Waals surface area contributed by atoms with E-state index in [4.69, 9.17) is 21.1 Å². The Morgan fingerprint density at radius 1 is 1.32 bits per heavy atom. The number of carbonyl (C=O) groups is 2. The van der Waals surface area contributed by atoms with Crippen LogP contribution in [-0.4, -0.2) is 30.5 Å². The lowest BCUT2D eigenvalue weighted by Crippen LogP contribution is -2.21. The quantitative estimate of drug-likeness (QED) is 0.426. The van der Waals surface area contributed by atoms with Crippen molar-refractivity contribution in [2.24, 2.45) is 0 Å². The largest absolute Gasteiger partial charge is 0.477 e. The highest BCUT2D eigenvalue weighted by Gasteiger charge is 2.27. The molecule has 3 rings (SSSR count). The Balaban J connectivity index is 1.75. The molecule has 0 saturated heterocycles. The summed E-state index contributed by atoms with van der Waals surface area (Å²) < 4.78 is 10.2. The van der Waals surface area contributed by atoms with Crippen LogP contribution in [-0.2, 0) is 22.4 Å². The summed E-state index contributed by atoms with van der Waals surface area (Å²) >= 11 is 7.11. The highest BCUT2D eigenvalue weighted by molar-refractivity contribution is 7.17. The first-order valence-electron chi connectivity index (χ1n) is 8.50. The Hall–Kier alpha value is -2.65. The molecule has 28 heavy (non-hydrogen) atoms. The van der Waals surface area contributed by atoms with E-state index in [1.54, 1.807) is 0 Å². The number of amides is 1. The lowest BCUT2D eigenvalue weighted by Gasteiger charge is -2.12. The van der Waals surface area contributed by atoms with E-state index in [1.807, 2.05) is 0 Å². The minimum absolute atomic E-state index is 0.0665. The fourth-order valence-electron chi connectivity index (χ4n) is 3.03.